The Morgan fingerprint density at radius 3 is 1.24 bits per heavy atom. The summed E-state index contributed by atoms with van der Waals surface area (Å²) < 4.78 is 0. The summed E-state index contributed by atoms with van der Waals surface area (Å²) in [5.74, 6) is 0. The van der Waals surface area contributed by atoms with Crippen molar-refractivity contribution in [3.05, 3.63) is 24.3 Å². The number of hydrogen-bond donors (Lipinski definition) is 0. The molecule has 1 unspecified atom stereocenters. The van der Waals surface area contributed by atoms with Gasteiger partial charge in [0.15, 0.2) is 0 Å². The Morgan fingerprint density at radius 1 is 0.441 bits per heavy atom. The van der Waals surface area contributed by atoms with Crippen LogP contribution in [0.4, 0.5) is 0 Å². The topological polar surface area (TPSA) is 3.24 Å². The fraction of sp³-hybridized carbons (Fsp3) is 0.879. The molecule has 0 radical (unpaired) electrons. The van der Waals surface area contributed by atoms with Gasteiger partial charge in [-0.05, 0) is 59.0 Å². The highest BCUT2D eigenvalue weighted by Crippen LogP contribution is 2.17. The van der Waals surface area contributed by atoms with Crippen LogP contribution in [0.25, 0.3) is 0 Å². The molecule has 0 saturated heterocycles. The molecule has 0 aromatic heterocycles. The van der Waals surface area contributed by atoms with Crippen molar-refractivity contribution in [1.29, 1.82) is 0 Å². The zero-order chi connectivity index (χ0) is 25.0. The van der Waals surface area contributed by atoms with Gasteiger partial charge in [-0.1, -0.05) is 147 Å². The summed E-state index contributed by atoms with van der Waals surface area (Å²) in [6.45, 7) is 4.58. The van der Waals surface area contributed by atoms with Gasteiger partial charge in [0.25, 0.3) is 0 Å². The van der Waals surface area contributed by atoms with Crippen molar-refractivity contribution >= 4 is 0 Å². The highest BCUT2D eigenvalue weighted by molar-refractivity contribution is 4.92. The van der Waals surface area contributed by atoms with Gasteiger partial charge in [0.2, 0.25) is 0 Å². The van der Waals surface area contributed by atoms with E-state index in [-0.39, 0.29) is 0 Å². The molecule has 0 N–H and O–H groups in total. The maximum absolute atomic E-state index is 2.48. The van der Waals surface area contributed by atoms with Crippen molar-refractivity contribution in [2.75, 3.05) is 14.1 Å². The Morgan fingerprint density at radius 2 is 0.794 bits per heavy atom. The molecule has 0 aromatic rings. The van der Waals surface area contributed by atoms with E-state index in [0.717, 1.165) is 12.5 Å². The molecular weight excluding hydrogens is 410 g/mol. The summed E-state index contributed by atoms with van der Waals surface area (Å²) in [4.78, 5) is 2.48. The zero-order valence-corrected chi connectivity index (χ0v) is 24.3. The summed E-state index contributed by atoms with van der Waals surface area (Å²) in [7, 11) is 4.57. The van der Waals surface area contributed by atoms with Gasteiger partial charge in [-0.25, -0.2) is 0 Å². The summed E-state index contributed by atoms with van der Waals surface area (Å²) in [5.41, 5.74) is 0. The quantitative estimate of drug-likeness (QED) is 0.0843. The minimum atomic E-state index is 0.813. The third-order valence-electron chi connectivity index (χ3n) is 7.36. The fourth-order valence-electron chi connectivity index (χ4n) is 4.90. The lowest BCUT2D eigenvalue weighted by Crippen LogP contribution is -2.27. The van der Waals surface area contributed by atoms with Crippen LogP contribution in [0, 0.1) is 0 Å². The Hall–Kier alpha value is -0.560. The van der Waals surface area contributed by atoms with E-state index in [1.807, 2.05) is 0 Å². The number of nitrogens with zero attached hydrogens (tertiary/aromatic N) is 1. The Balaban J connectivity index is 3.39. The summed E-state index contributed by atoms with van der Waals surface area (Å²) in [6, 6.07) is 0.813. The molecule has 34 heavy (non-hydrogen) atoms. The molecule has 1 heteroatoms. The first-order chi connectivity index (χ1) is 16.7. The summed E-state index contributed by atoms with van der Waals surface area (Å²) >= 11 is 0. The van der Waals surface area contributed by atoms with Crippen LogP contribution in [0.3, 0.4) is 0 Å². The van der Waals surface area contributed by atoms with Gasteiger partial charge in [-0.2, -0.15) is 0 Å². The second kappa shape index (κ2) is 28.7. The molecule has 1 nitrogen and oxygen atoms in total. The number of allylic oxidation sites excluding steroid dienone is 4. The lowest BCUT2D eigenvalue weighted by molar-refractivity contribution is 0.251. The lowest BCUT2D eigenvalue weighted by Gasteiger charge is -2.24. The van der Waals surface area contributed by atoms with Crippen molar-refractivity contribution in [2.45, 2.75) is 174 Å². The maximum atomic E-state index is 2.48. The Kier molecular flexibility index (Phi) is 28.2. The third-order valence-corrected chi connectivity index (χ3v) is 7.36. The van der Waals surface area contributed by atoms with Crippen LogP contribution in [0.5, 0.6) is 0 Å². The van der Waals surface area contributed by atoms with E-state index >= 15 is 0 Å². The maximum Gasteiger partial charge on any atom is 0.00891 e. The molecule has 0 aliphatic carbocycles. The monoisotopic (exact) mass is 476 g/mol. The highest BCUT2D eigenvalue weighted by atomic mass is 15.1. The molecule has 0 heterocycles. The average Bonchev–Trinajstić information content (AvgIpc) is 2.83. The van der Waals surface area contributed by atoms with Crippen LogP contribution in [0.2, 0.25) is 0 Å². The predicted molar refractivity (Wildman–Crippen MR) is 158 cm³/mol. The number of unbranched alkanes of at least 4 members (excludes halogenated alkanes) is 18. The van der Waals surface area contributed by atoms with Crippen LogP contribution >= 0.6 is 0 Å². The molecule has 0 saturated carbocycles. The van der Waals surface area contributed by atoms with E-state index < -0.39 is 0 Å². The first kappa shape index (κ1) is 33.4. The van der Waals surface area contributed by atoms with Crippen molar-refractivity contribution in [2.24, 2.45) is 0 Å². The Bertz CT molecular complexity index is 422. The van der Waals surface area contributed by atoms with E-state index in [1.165, 1.54) is 148 Å². The largest absolute Gasteiger partial charge is 0.306 e. The van der Waals surface area contributed by atoms with Crippen molar-refractivity contribution in [1.82, 2.24) is 4.90 Å². The molecular formula is C33H65N. The first-order valence-electron chi connectivity index (χ1n) is 15.7. The molecule has 1 atom stereocenters. The molecule has 0 rings (SSSR count). The normalized spacial score (nSPS) is 13.1. The lowest BCUT2D eigenvalue weighted by atomic mass is 9.99. The van der Waals surface area contributed by atoms with Gasteiger partial charge in [0.1, 0.15) is 0 Å². The molecule has 202 valence electrons. The standard InChI is InChI=1S/C33H65N/c1-5-7-9-11-13-14-15-16-17-18-19-20-21-22-23-24-25-26-28-30-32-33(34(3)4)31-29-27-12-10-8-6-2/h13-14,16-17,33H,5-12,15,18-32H2,1-4H3/b14-13-,17-16-. The van der Waals surface area contributed by atoms with Gasteiger partial charge in [-0.15, -0.1) is 0 Å². The molecule has 0 bridgehead atoms. The highest BCUT2D eigenvalue weighted by Gasteiger charge is 2.10. The second-order valence-corrected chi connectivity index (χ2v) is 11.0. The van der Waals surface area contributed by atoms with Crippen LogP contribution in [-0.2, 0) is 0 Å². The molecule has 0 aromatic carbocycles. The molecule has 0 aliphatic rings. The smallest absolute Gasteiger partial charge is 0.00891 e. The minimum Gasteiger partial charge on any atom is -0.306 e. The third kappa shape index (κ3) is 26.1. The average molecular weight is 476 g/mol. The van der Waals surface area contributed by atoms with Crippen molar-refractivity contribution in [3.8, 4) is 0 Å². The van der Waals surface area contributed by atoms with E-state index in [1.54, 1.807) is 0 Å². The predicted octanol–water partition coefficient (Wildman–Crippen LogP) is 11.4. The van der Waals surface area contributed by atoms with E-state index in [0.29, 0.717) is 0 Å². The van der Waals surface area contributed by atoms with Crippen LogP contribution in [-0.4, -0.2) is 25.0 Å². The zero-order valence-electron chi connectivity index (χ0n) is 24.3. The van der Waals surface area contributed by atoms with Crippen molar-refractivity contribution in [3.63, 3.8) is 0 Å². The summed E-state index contributed by atoms with van der Waals surface area (Å²) in [5, 5.41) is 0. The van der Waals surface area contributed by atoms with Gasteiger partial charge >= 0.3 is 0 Å². The molecule has 0 fully saturated rings. The SMILES string of the molecule is CCCCC/C=C\C/C=C\CCCCCCCCCCCCC(CCCCCCCC)N(C)C. The number of hydrogen-bond acceptors (Lipinski definition) is 1. The molecule has 0 aliphatic heterocycles. The first-order valence-corrected chi connectivity index (χ1v) is 15.7. The van der Waals surface area contributed by atoms with Gasteiger partial charge in [0.05, 0.1) is 0 Å². The second-order valence-electron chi connectivity index (χ2n) is 11.0. The van der Waals surface area contributed by atoms with Crippen LogP contribution in [0.15, 0.2) is 24.3 Å². The minimum absolute atomic E-state index is 0.813. The number of rotatable bonds is 27. The Labute approximate surface area is 217 Å². The van der Waals surface area contributed by atoms with Crippen LogP contribution < -0.4 is 0 Å². The van der Waals surface area contributed by atoms with E-state index in [4.69, 9.17) is 0 Å². The summed E-state index contributed by atoms with van der Waals surface area (Å²) in [6.07, 6.45) is 42.9. The van der Waals surface area contributed by atoms with E-state index in [9.17, 15) is 0 Å². The van der Waals surface area contributed by atoms with Crippen LogP contribution in [0.1, 0.15) is 168 Å². The van der Waals surface area contributed by atoms with Gasteiger partial charge in [0, 0.05) is 6.04 Å². The van der Waals surface area contributed by atoms with Gasteiger partial charge < -0.3 is 4.90 Å². The van der Waals surface area contributed by atoms with Gasteiger partial charge in [-0.3, -0.25) is 0 Å². The molecule has 0 spiro atoms. The molecule has 0 amide bonds. The van der Waals surface area contributed by atoms with Crippen molar-refractivity contribution < 1.29 is 0 Å². The van der Waals surface area contributed by atoms with E-state index in [2.05, 4.69) is 57.1 Å². The fourth-order valence-corrected chi connectivity index (χ4v) is 4.90.